The molecule has 17 rings (SSSR count). The van der Waals surface area contributed by atoms with Gasteiger partial charge in [0.05, 0.1) is 38.5 Å². The van der Waals surface area contributed by atoms with Crippen molar-refractivity contribution in [3.63, 3.8) is 0 Å². The highest BCUT2D eigenvalue weighted by molar-refractivity contribution is 7.20. The molecule has 3 aromatic heterocycles. The van der Waals surface area contributed by atoms with Crippen LogP contribution in [0.3, 0.4) is 0 Å². The van der Waals surface area contributed by atoms with Crippen LogP contribution in [0.2, 0.25) is 0 Å². The highest BCUT2D eigenvalue weighted by Crippen LogP contribution is 2.49. The third kappa shape index (κ3) is 8.11. The number of aromatic nitrogens is 3. The van der Waals surface area contributed by atoms with Crippen molar-refractivity contribution in [1.29, 1.82) is 0 Å². The Balaban J connectivity index is 0.916. The molecule has 3 nitrogen and oxygen atoms in total. The zero-order valence-corrected chi connectivity index (χ0v) is 49.9. The van der Waals surface area contributed by atoms with Gasteiger partial charge in [-0.25, -0.2) is 0 Å². The zero-order valence-electron chi connectivity index (χ0n) is 48.9. The molecule has 0 saturated carbocycles. The van der Waals surface area contributed by atoms with Crippen LogP contribution < -0.4 is 20.7 Å². The lowest BCUT2D eigenvalue weighted by Crippen LogP contribution is -2.74. The molecule has 0 aliphatic rings. The number of hydrogen-bond acceptors (Lipinski definition) is 0. The summed E-state index contributed by atoms with van der Waals surface area (Å²) < 4.78 is 7.46. The first-order valence-corrected chi connectivity index (χ1v) is 32.8. The number of para-hydroxylation sites is 3. The maximum Gasteiger partial charge on any atom is 0.179 e. The molecule has 0 unspecified atom stereocenters. The maximum atomic E-state index is 2.54. The summed E-state index contributed by atoms with van der Waals surface area (Å²) in [6.07, 6.45) is 0. The Kier molecular flexibility index (Phi) is 12.4. The number of fused-ring (bicyclic) bond motifs is 9. The van der Waals surface area contributed by atoms with Crippen molar-refractivity contribution in [3.05, 3.63) is 380 Å². The second-order valence-corrected chi connectivity index (χ2v) is 27.3. The first-order valence-electron chi connectivity index (χ1n) is 30.8. The molecule has 0 spiro atoms. The largest absolute Gasteiger partial charge is 0.309 e. The standard InChI is InChI=1S/C85H59N3Si/c1-8-28-60(29-9-1)72-46-27-49-82-84(72)77-58-67(88-78-47-24-22-44-73(78)75-53-52-71(59-83(75)88)89(68-38-16-5-17-39-68,69-40-18-6-19-41-69)70-42-20-7-21-43-70)51-55-81(77)87(82)66-37-26-34-63(56-66)85(61-30-10-2-11-31-61,62-32-12-3-13-33-62)64-50-54-80-76(57-64)74-45-23-25-48-79(74)86(80)65-35-14-4-15-36-65/h1-59H. The summed E-state index contributed by atoms with van der Waals surface area (Å²) >= 11 is 0. The summed E-state index contributed by atoms with van der Waals surface area (Å²) in [4.78, 5) is 0. The average molecular weight is 1150 g/mol. The van der Waals surface area contributed by atoms with Gasteiger partial charge in [-0.05, 0) is 133 Å². The number of nitrogens with zero attached hydrogens (tertiary/aromatic N) is 3. The predicted molar refractivity (Wildman–Crippen MR) is 377 cm³/mol. The lowest BCUT2D eigenvalue weighted by Gasteiger charge is -2.37. The molecule has 14 aromatic carbocycles. The quantitative estimate of drug-likeness (QED) is 0.0855. The smallest absolute Gasteiger partial charge is 0.179 e. The average Bonchev–Trinajstić information content (AvgIpc) is 1.76. The van der Waals surface area contributed by atoms with Crippen LogP contribution >= 0.6 is 0 Å². The summed E-state index contributed by atoms with van der Waals surface area (Å²) in [6.45, 7) is 0. The first kappa shape index (κ1) is 52.1. The number of rotatable bonds is 12. The van der Waals surface area contributed by atoms with Gasteiger partial charge in [-0.1, -0.05) is 279 Å². The van der Waals surface area contributed by atoms with Crippen molar-refractivity contribution < 1.29 is 0 Å². The van der Waals surface area contributed by atoms with Gasteiger partial charge in [-0.2, -0.15) is 0 Å². The topological polar surface area (TPSA) is 14.8 Å². The molecular formula is C85H59N3Si. The van der Waals surface area contributed by atoms with Gasteiger partial charge in [0.1, 0.15) is 0 Å². The van der Waals surface area contributed by atoms with Gasteiger partial charge in [0.15, 0.2) is 8.07 Å². The predicted octanol–water partition coefficient (Wildman–Crippen LogP) is 18.4. The van der Waals surface area contributed by atoms with Crippen molar-refractivity contribution in [2.24, 2.45) is 0 Å². The Morgan fingerprint density at radius 2 is 0.629 bits per heavy atom. The van der Waals surface area contributed by atoms with E-state index in [0.717, 1.165) is 28.1 Å². The van der Waals surface area contributed by atoms with Gasteiger partial charge in [-0.3, -0.25) is 0 Å². The summed E-state index contributed by atoms with van der Waals surface area (Å²) in [7, 11) is -2.89. The fraction of sp³-hybridized carbons (Fsp3) is 0.0118. The minimum Gasteiger partial charge on any atom is -0.309 e. The van der Waals surface area contributed by atoms with Crippen LogP contribution in [-0.4, -0.2) is 21.8 Å². The highest BCUT2D eigenvalue weighted by Gasteiger charge is 2.42. The molecule has 0 bridgehead atoms. The minimum atomic E-state index is -2.89. The van der Waals surface area contributed by atoms with E-state index in [0.29, 0.717) is 0 Å². The van der Waals surface area contributed by atoms with Crippen molar-refractivity contribution in [2.75, 3.05) is 0 Å². The van der Waals surface area contributed by atoms with E-state index in [1.165, 1.54) is 109 Å². The molecule has 0 atom stereocenters. The lowest BCUT2D eigenvalue weighted by atomic mass is 9.65. The van der Waals surface area contributed by atoms with Gasteiger partial charge < -0.3 is 13.7 Å². The molecule has 0 fully saturated rings. The summed E-state index contributed by atoms with van der Waals surface area (Å²) in [6, 6.07) is 134. The van der Waals surface area contributed by atoms with Gasteiger partial charge in [0.2, 0.25) is 0 Å². The summed E-state index contributed by atoms with van der Waals surface area (Å²) in [5, 5.41) is 12.7. The van der Waals surface area contributed by atoms with Crippen molar-refractivity contribution in [1.82, 2.24) is 13.7 Å². The fourth-order valence-corrected chi connectivity index (χ4v) is 20.0. The molecule has 0 saturated heterocycles. The molecule has 0 N–H and O–H groups in total. The van der Waals surface area contributed by atoms with E-state index in [2.05, 4.69) is 372 Å². The fourth-order valence-electron chi connectivity index (χ4n) is 15.2. The zero-order chi connectivity index (χ0) is 58.9. The lowest BCUT2D eigenvalue weighted by molar-refractivity contribution is 0.745. The summed E-state index contributed by atoms with van der Waals surface area (Å²) in [5.41, 5.74) is 16.7. The van der Waals surface area contributed by atoms with Crippen LogP contribution in [0.5, 0.6) is 0 Å². The van der Waals surface area contributed by atoms with Crippen molar-refractivity contribution >= 4 is 94.2 Å². The Hall–Kier alpha value is -11.3. The van der Waals surface area contributed by atoms with Gasteiger partial charge in [0, 0.05) is 49.4 Å². The molecule has 0 aliphatic carbocycles. The van der Waals surface area contributed by atoms with Crippen LogP contribution in [0, 0.1) is 0 Å². The van der Waals surface area contributed by atoms with Crippen LogP contribution in [0.15, 0.2) is 358 Å². The van der Waals surface area contributed by atoms with E-state index in [4.69, 9.17) is 0 Å². The molecule has 89 heavy (non-hydrogen) atoms. The maximum absolute atomic E-state index is 2.89. The Bertz CT molecular complexity index is 5330. The number of hydrogen-bond donors (Lipinski definition) is 0. The SMILES string of the molecule is c1ccc(-c2cccc3c2c2cc(-n4c5ccccc5c5ccc([Si](c6ccccc6)(c6ccccc6)c6ccccc6)cc54)ccc2n3-c2cccc(C(c3ccccc3)(c3ccccc3)c3ccc4c(c3)c3ccccc3n4-c3ccccc3)c2)cc1. The molecule has 17 aromatic rings. The summed E-state index contributed by atoms with van der Waals surface area (Å²) in [5.74, 6) is 0. The second kappa shape index (κ2) is 21.3. The van der Waals surface area contributed by atoms with E-state index < -0.39 is 13.5 Å². The van der Waals surface area contributed by atoms with Crippen LogP contribution in [0.25, 0.3) is 93.6 Å². The van der Waals surface area contributed by atoms with Crippen LogP contribution in [0.1, 0.15) is 22.3 Å². The molecule has 0 amide bonds. The van der Waals surface area contributed by atoms with E-state index in [-0.39, 0.29) is 0 Å². The second-order valence-electron chi connectivity index (χ2n) is 23.5. The van der Waals surface area contributed by atoms with Crippen molar-refractivity contribution in [3.8, 4) is 28.2 Å². The third-order valence-electron chi connectivity index (χ3n) is 18.9. The molecule has 0 aliphatic heterocycles. The van der Waals surface area contributed by atoms with E-state index >= 15 is 0 Å². The van der Waals surface area contributed by atoms with Gasteiger partial charge in [-0.15, -0.1) is 0 Å². The van der Waals surface area contributed by atoms with Gasteiger partial charge >= 0.3 is 0 Å². The third-order valence-corrected chi connectivity index (χ3v) is 23.7. The Morgan fingerprint density at radius 3 is 1.25 bits per heavy atom. The van der Waals surface area contributed by atoms with E-state index in [1.54, 1.807) is 0 Å². The van der Waals surface area contributed by atoms with E-state index in [1.807, 2.05) is 0 Å². The Labute approximate surface area is 518 Å². The van der Waals surface area contributed by atoms with Crippen LogP contribution in [0.4, 0.5) is 0 Å². The molecule has 0 radical (unpaired) electrons. The molecular weight excluding hydrogens is 1090 g/mol. The highest BCUT2D eigenvalue weighted by atomic mass is 28.3. The molecule has 3 heterocycles. The van der Waals surface area contributed by atoms with Gasteiger partial charge in [0.25, 0.3) is 0 Å². The van der Waals surface area contributed by atoms with E-state index in [9.17, 15) is 0 Å². The minimum absolute atomic E-state index is 0.735. The first-order chi connectivity index (χ1) is 44.2. The normalized spacial score (nSPS) is 12.0. The molecule has 418 valence electrons. The number of benzene rings is 14. The molecule has 4 heteroatoms. The Morgan fingerprint density at radius 1 is 0.213 bits per heavy atom. The monoisotopic (exact) mass is 1150 g/mol. The van der Waals surface area contributed by atoms with Crippen molar-refractivity contribution in [2.45, 2.75) is 5.41 Å². The van der Waals surface area contributed by atoms with Crippen LogP contribution in [-0.2, 0) is 5.41 Å².